The van der Waals surface area contributed by atoms with E-state index < -0.39 is 10.1 Å². The van der Waals surface area contributed by atoms with Crippen LogP contribution in [0, 0.1) is 0 Å². The van der Waals surface area contributed by atoms with Gasteiger partial charge in [0.1, 0.15) is 0 Å². The van der Waals surface area contributed by atoms with Gasteiger partial charge in [-0.15, -0.1) is 0 Å². The lowest BCUT2D eigenvalue weighted by Crippen LogP contribution is -2.08. The standard InChI is InChI=1S/C20H24O3S/c21-24(22,19-13-2-1-3-14-19)23-16-8-12-18-11-6-7-15-20(18)17-9-4-5-10-17/h1-3,6-7,11,13-15,17H,4-5,8-10,12,16H2. The Bertz CT molecular complexity index is 747. The first-order chi connectivity index (χ1) is 11.7. The van der Waals surface area contributed by atoms with Gasteiger partial charge in [-0.25, -0.2) is 0 Å². The number of aryl methyl sites for hydroxylation is 1. The molecule has 3 rings (SSSR count). The Labute approximate surface area is 144 Å². The molecule has 0 N–H and O–H groups in total. The molecule has 2 aromatic carbocycles. The van der Waals surface area contributed by atoms with Crippen LogP contribution < -0.4 is 0 Å². The summed E-state index contributed by atoms with van der Waals surface area (Å²) in [6.07, 6.45) is 6.74. The Morgan fingerprint density at radius 1 is 0.917 bits per heavy atom. The molecule has 0 atom stereocenters. The zero-order valence-electron chi connectivity index (χ0n) is 13.9. The first kappa shape index (κ1) is 17.2. The molecule has 0 saturated heterocycles. The summed E-state index contributed by atoms with van der Waals surface area (Å²) in [6.45, 7) is 0.218. The third-order valence-electron chi connectivity index (χ3n) is 4.71. The van der Waals surface area contributed by atoms with Crippen LogP contribution >= 0.6 is 0 Å². The van der Waals surface area contributed by atoms with Crippen LogP contribution in [0.5, 0.6) is 0 Å². The van der Waals surface area contributed by atoms with E-state index in [2.05, 4.69) is 24.3 Å². The van der Waals surface area contributed by atoms with Gasteiger partial charge in [0.05, 0.1) is 11.5 Å². The van der Waals surface area contributed by atoms with Gasteiger partial charge in [0, 0.05) is 0 Å². The Kier molecular flexibility index (Phi) is 5.69. The molecule has 3 nitrogen and oxygen atoms in total. The maximum Gasteiger partial charge on any atom is 0.296 e. The van der Waals surface area contributed by atoms with Crippen molar-refractivity contribution in [3.8, 4) is 0 Å². The molecular weight excluding hydrogens is 320 g/mol. The lowest BCUT2D eigenvalue weighted by molar-refractivity contribution is 0.312. The highest BCUT2D eigenvalue weighted by Crippen LogP contribution is 2.36. The second kappa shape index (κ2) is 7.95. The summed E-state index contributed by atoms with van der Waals surface area (Å²) in [4.78, 5) is 0.219. The largest absolute Gasteiger partial charge is 0.296 e. The van der Waals surface area contributed by atoms with Crippen molar-refractivity contribution in [2.75, 3.05) is 6.61 Å². The summed E-state index contributed by atoms with van der Waals surface area (Å²) in [5.41, 5.74) is 2.78. The predicted molar refractivity (Wildman–Crippen MR) is 95.6 cm³/mol. The van der Waals surface area contributed by atoms with Gasteiger partial charge in [0.2, 0.25) is 0 Å². The van der Waals surface area contributed by atoms with Crippen LogP contribution in [0.15, 0.2) is 59.5 Å². The van der Waals surface area contributed by atoms with Gasteiger partial charge in [0.25, 0.3) is 10.1 Å². The van der Waals surface area contributed by atoms with Gasteiger partial charge >= 0.3 is 0 Å². The summed E-state index contributed by atoms with van der Waals surface area (Å²) in [7, 11) is -3.64. The molecule has 128 valence electrons. The zero-order valence-corrected chi connectivity index (χ0v) is 14.7. The van der Waals surface area contributed by atoms with Gasteiger partial charge in [-0.05, 0) is 54.9 Å². The van der Waals surface area contributed by atoms with Gasteiger partial charge in [-0.2, -0.15) is 8.42 Å². The van der Waals surface area contributed by atoms with Crippen LogP contribution in [0.25, 0.3) is 0 Å². The molecule has 0 bridgehead atoms. The molecule has 1 aliphatic carbocycles. The van der Waals surface area contributed by atoms with Crippen molar-refractivity contribution < 1.29 is 12.6 Å². The number of hydrogen-bond acceptors (Lipinski definition) is 3. The molecule has 1 aliphatic rings. The van der Waals surface area contributed by atoms with Crippen molar-refractivity contribution in [1.29, 1.82) is 0 Å². The highest BCUT2D eigenvalue weighted by molar-refractivity contribution is 7.86. The van der Waals surface area contributed by atoms with Gasteiger partial charge in [-0.3, -0.25) is 4.18 Å². The molecule has 2 aromatic rings. The van der Waals surface area contributed by atoms with Crippen LogP contribution in [-0.2, 0) is 20.7 Å². The summed E-state index contributed by atoms with van der Waals surface area (Å²) in [6, 6.07) is 16.9. The van der Waals surface area contributed by atoms with Gasteiger partial charge in [-0.1, -0.05) is 55.3 Å². The normalized spacial score (nSPS) is 15.7. The van der Waals surface area contributed by atoms with Crippen LogP contribution in [0.1, 0.15) is 49.1 Å². The van der Waals surface area contributed by atoms with Crippen molar-refractivity contribution in [2.24, 2.45) is 0 Å². The minimum absolute atomic E-state index is 0.218. The monoisotopic (exact) mass is 344 g/mol. The minimum atomic E-state index is -3.64. The molecule has 0 aromatic heterocycles. The second-order valence-corrected chi connectivity index (χ2v) is 7.99. The van der Waals surface area contributed by atoms with E-state index in [4.69, 9.17) is 4.18 Å². The third kappa shape index (κ3) is 4.25. The molecule has 0 heterocycles. The van der Waals surface area contributed by atoms with Crippen molar-refractivity contribution in [2.45, 2.75) is 49.3 Å². The molecule has 0 spiro atoms. The first-order valence-electron chi connectivity index (χ1n) is 8.69. The van der Waals surface area contributed by atoms with Gasteiger partial charge in [0.15, 0.2) is 0 Å². The highest BCUT2D eigenvalue weighted by Gasteiger charge is 2.19. The second-order valence-electron chi connectivity index (χ2n) is 6.37. The summed E-state index contributed by atoms with van der Waals surface area (Å²) in [5, 5.41) is 0. The van der Waals surface area contributed by atoms with Crippen LogP contribution in [0.2, 0.25) is 0 Å². The zero-order chi connectivity index (χ0) is 16.8. The van der Waals surface area contributed by atoms with Crippen molar-refractivity contribution in [3.63, 3.8) is 0 Å². The molecule has 0 radical (unpaired) electrons. The Balaban J connectivity index is 1.56. The Morgan fingerprint density at radius 3 is 2.33 bits per heavy atom. The molecule has 0 aliphatic heterocycles. The molecule has 0 amide bonds. The SMILES string of the molecule is O=S(=O)(OCCCc1ccccc1C1CCCC1)c1ccccc1. The number of rotatable bonds is 7. The lowest BCUT2D eigenvalue weighted by Gasteiger charge is -2.15. The van der Waals surface area contributed by atoms with Crippen molar-refractivity contribution in [1.82, 2.24) is 0 Å². The lowest BCUT2D eigenvalue weighted by atomic mass is 9.91. The molecular formula is C20H24O3S. The average Bonchev–Trinajstić information content (AvgIpc) is 3.14. The summed E-state index contributed by atoms with van der Waals surface area (Å²) >= 11 is 0. The molecule has 0 unspecified atom stereocenters. The summed E-state index contributed by atoms with van der Waals surface area (Å²) < 4.78 is 29.4. The third-order valence-corrected chi connectivity index (χ3v) is 6.04. The van der Waals surface area contributed by atoms with E-state index in [9.17, 15) is 8.42 Å². The minimum Gasteiger partial charge on any atom is -0.266 e. The molecule has 4 heteroatoms. The van der Waals surface area contributed by atoms with Crippen LogP contribution in [0.4, 0.5) is 0 Å². The molecule has 1 saturated carbocycles. The maximum atomic E-state index is 12.1. The Morgan fingerprint density at radius 2 is 1.58 bits per heavy atom. The van der Waals surface area contributed by atoms with E-state index in [0.717, 1.165) is 6.42 Å². The van der Waals surface area contributed by atoms with Gasteiger partial charge < -0.3 is 0 Å². The van der Waals surface area contributed by atoms with E-state index in [1.165, 1.54) is 36.8 Å². The van der Waals surface area contributed by atoms with E-state index in [1.807, 2.05) is 0 Å². The van der Waals surface area contributed by atoms with Crippen molar-refractivity contribution in [3.05, 3.63) is 65.7 Å². The van der Waals surface area contributed by atoms with Crippen LogP contribution in [0.3, 0.4) is 0 Å². The summed E-state index contributed by atoms with van der Waals surface area (Å²) in [5.74, 6) is 0.676. The van der Waals surface area contributed by atoms with E-state index in [-0.39, 0.29) is 11.5 Å². The predicted octanol–water partition coefficient (Wildman–Crippen LogP) is 4.68. The fourth-order valence-corrected chi connectivity index (χ4v) is 4.45. The van der Waals surface area contributed by atoms with E-state index in [1.54, 1.807) is 30.3 Å². The fraction of sp³-hybridized carbons (Fsp3) is 0.400. The van der Waals surface area contributed by atoms with Crippen LogP contribution in [-0.4, -0.2) is 15.0 Å². The number of benzene rings is 2. The Hall–Kier alpha value is -1.65. The first-order valence-corrected chi connectivity index (χ1v) is 10.1. The fourth-order valence-electron chi connectivity index (χ4n) is 3.48. The smallest absolute Gasteiger partial charge is 0.266 e. The highest BCUT2D eigenvalue weighted by atomic mass is 32.2. The quantitative estimate of drug-likeness (QED) is 0.541. The average molecular weight is 344 g/mol. The topological polar surface area (TPSA) is 43.4 Å². The maximum absolute atomic E-state index is 12.1. The van der Waals surface area contributed by atoms with E-state index in [0.29, 0.717) is 12.3 Å². The molecule has 1 fully saturated rings. The molecule has 24 heavy (non-hydrogen) atoms. The van der Waals surface area contributed by atoms with E-state index >= 15 is 0 Å². The number of hydrogen-bond donors (Lipinski definition) is 0. The van der Waals surface area contributed by atoms with Crippen molar-refractivity contribution >= 4 is 10.1 Å².